The van der Waals surface area contributed by atoms with Crippen LogP contribution in [0.5, 0.6) is 0 Å². The van der Waals surface area contributed by atoms with Gasteiger partial charge >= 0.3 is 0 Å². The molecule has 0 aromatic heterocycles. The Labute approximate surface area is 81.5 Å². The first-order valence-electron chi connectivity index (χ1n) is 5.22. The molecule has 0 spiro atoms. The number of rotatable bonds is 5. The van der Waals surface area contributed by atoms with Gasteiger partial charge in [-0.05, 0) is 37.3 Å². The Kier molecular flexibility index (Phi) is 4.23. The molecular weight excluding hydrogens is 160 g/mol. The van der Waals surface area contributed by atoms with Gasteiger partial charge in [0.25, 0.3) is 0 Å². The van der Waals surface area contributed by atoms with Crippen molar-refractivity contribution in [2.45, 2.75) is 45.6 Å². The highest BCUT2D eigenvalue weighted by atomic mass is 16.5. The van der Waals surface area contributed by atoms with Crippen LogP contribution in [0.1, 0.15) is 39.5 Å². The first-order chi connectivity index (χ1) is 6.29. The van der Waals surface area contributed by atoms with Crippen molar-refractivity contribution in [3.63, 3.8) is 0 Å². The van der Waals surface area contributed by atoms with E-state index in [1.165, 1.54) is 30.4 Å². The van der Waals surface area contributed by atoms with E-state index in [2.05, 4.69) is 20.4 Å². The van der Waals surface area contributed by atoms with Gasteiger partial charge in [-0.1, -0.05) is 19.4 Å². The number of hydrogen-bond acceptors (Lipinski definition) is 1. The summed E-state index contributed by atoms with van der Waals surface area (Å²) >= 11 is 0. The molecule has 1 aliphatic heterocycles. The zero-order chi connectivity index (χ0) is 9.68. The number of unbranched alkanes of at least 4 members (excludes halogenated alkanes) is 1. The van der Waals surface area contributed by atoms with E-state index in [0.29, 0.717) is 6.10 Å². The van der Waals surface area contributed by atoms with E-state index in [-0.39, 0.29) is 0 Å². The zero-order valence-electron chi connectivity index (χ0n) is 8.81. The highest BCUT2D eigenvalue weighted by Crippen LogP contribution is 2.27. The maximum atomic E-state index is 5.61. The molecule has 1 atom stereocenters. The minimum atomic E-state index is 0.349. The monoisotopic (exact) mass is 180 g/mol. The Morgan fingerprint density at radius 1 is 1.62 bits per heavy atom. The third-order valence-corrected chi connectivity index (χ3v) is 2.64. The molecule has 0 bridgehead atoms. The van der Waals surface area contributed by atoms with Gasteiger partial charge in [0.1, 0.15) is 0 Å². The van der Waals surface area contributed by atoms with E-state index < -0.39 is 0 Å². The van der Waals surface area contributed by atoms with Crippen LogP contribution in [-0.2, 0) is 4.74 Å². The lowest BCUT2D eigenvalue weighted by Gasteiger charge is -2.08. The standard InChI is InChI=1S/C12H20O/c1-4-6-8-12-10(3)13-9-11(12)7-5-2/h5,10H,2,4,6-9H2,1,3H3/t10-/m0/s1. The molecule has 0 aromatic carbocycles. The maximum Gasteiger partial charge on any atom is 0.0764 e. The second-order valence-electron chi connectivity index (χ2n) is 3.68. The maximum absolute atomic E-state index is 5.61. The number of allylic oxidation sites excluding steroid dienone is 1. The lowest BCUT2D eigenvalue weighted by Crippen LogP contribution is -2.03. The van der Waals surface area contributed by atoms with E-state index in [4.69, 9.17) is 4.74 Å². The third-order valence-electron chi connectivity index (χ3n) is 2.64. The Bertz CT molecular complexity index is 203. The van der Waals surface area contributed by atoms with E-state index in [9.17, 15) is 0 Å². The van der Waals surface area contributed by atoms with Crippen molar-refractivity contribution >= 4 is 0 Å². The predicted octanol–water partition coefficient (Wildman–Crippen LogP) is 3.47. The fraction of sp³-hybridized carbons (Fsp3) is 0.667. The largest absolute Gasteiger partial charge is 0.370 e. The number of ether oxygens (including phenoxy) is 1. The van der Waals surface area contributed by atoms with Gasteiger partial charge in [-0.2, -0.15) is 0 Å². The molecule has 0 amide bonds. The molecule has 0 saturated heterocycles. The molecular formula is C12H20O. The fourth-order valence-electron chi connectivity index (χ4n) is 1.82. The molecule has 1 nitrogen and oxygen atoms in total. The normalized spacial score (nSPS) is 22.5. The average molecular weight is 180 g/mol. The van der Waals surface area contributed by atoms with Gasteiger partial charge in [-0.25, -0.2) is 0 Å². The van der Waals surface area contributed by atoms with Gasteiger partial charge in [0.05, 0.1) is 12.7 Å². The van der Waals surface area contributed by atoms with Crippen molar-refractivity contribution < 1.29 is 4.74 Å². The zero-order valence-corrected chi connectivity index (χ0v) is 8.81. The van der Waals surface area contributed by atoms with Crippen LogP contribution in [0.25, 0.3) is 0 Å². The summed E-state index contributed by atoms with van der Waals surface area (Å²) in [5.41, 5.74) is 3.00. The number of hydrogen-bond donors (Lipinski definition) is 0. The molecule has 0 fully saturated rings. The lowest BCUT2D eigenvalue weighted by molar-refractivity contribution is 0.131. The first-order valence-corrected chi connectivity index (χ1v) is 5.22. The minimum Gasteiger partial charge on any atom is -0.370 e. The molecule has 1 heterocycles. The van der Waals surface area contributed by atoms with Crippen LogP contribution in [0, 0.1) is 0 Å². The van der Waals surface area contributed by atoms with E-state index in [1.54, 1.807) is 0 Å². The van der Waals surface area contributed by atoms with Gasteiger partial charge in [0.15, 0.2) is 0 Å². The van der Waals surface area contributed by atoms with Crippen molar-refractivity contribution in [2.24, 2.45) is 0 Å². The van der Waals surface area contributed by atoms with E-state index in [1.807, 2.05) is 6.08 Å². The molecule has 0 unspecified atom stereocenters. The van der Waals surface area contributed by atoms with Gasteiger partial charge in [-0.15, -0.1) is 6.58 Å². The Balaban J connectivity index is 2.59. The SMILES string of the molecule is C=CCC1=C(CCCC)[C@H](C)OC1. The summed E-state index contributed by atoms with van der Waals surface area (Å²) in [7, 11) is 0. The van der Waals surface area contributed by atoms with Gasteiger partial charge < -0.3 is 4.74 Å². The molecule has 0 N–H and O–H groups in total. The van der Waals surface area contributed by atoms with Crippen molar-refractivity contribution in [3.05, 3.63) is 23.8 Å². The third kappa shape index (κ3) is 2.70. The highest BCUT2D eigenvalue weighted by Gasteiger charge is 2.20. The first kappa shape index (κ1) is 10.5. The highest BCUT2D eigenvalue weighted by molar-refractivity contribution is 5.24. The van der Waals surface area contributed by atoms with Crippen LogP contribution in [0.2, 0.25) is 0 Å². The van der Waals surface area contributed by atoms with Gasteiger partial charge in [0.2, 0.25) is 0 Å². The molecule has 0 radical (unpaired) electrons. The van der Waals surface area contributed by atoms with Gasteiger partial charge in [0, 0.05) is 0 Å². The van der Waals surface area contributed by atoms with E-state index in [0.717, 1.165) is 13.0 Å². The average Bonchev–Trinajstić information content (AvgIpc) is 2.45. The minimum absolute atomic E-state index is 0.349. The molecule has 0 saturated carbocycles. The van der Waals surface area contributed by atoms with Crippen molar-refractivity contribution in [1.82, 2.24) is 0 Å². The van der Waals surface area contributed by atoms with E-state index >= 15 is 0 Å². The molecule has 1 aliphatic rings. The summed E-state index contributed by atoms with van der Waals surface area (Å²) in [6.45, 7) is 8.98. The lowest BCUT2D eigenvalue weighted by atomic mass is 9.99. The Morgan fingerprint density at radius 3 is 3.00 bits per heavy atom. The fourth-order valence-corrected chi connectivity index (χ4v) is 1.82. The summed E-state index contributed by atoms with van der Waals surface area (Å²) in [5.74, 6) is 0. The second-order valence-corrected chi connectivity index (χ2v) is 3.68. The quantitative estimate of drug-likeness (QED) is 0.589. The van der Waals surface area contributed by atoms with Crippen molar-refractivity contribution in [3.8, 4) is 0 Å². The summed E-state index contributed by atoms with van der Waals surface area (Å²) < 4.78 is 5.61. The van der Waals surface area contributed by atoms with Crippen LogP contribution in [0.4, 0.5) is 0 Å². The molecule has 0 aromatic rings. The van der Waals surface area contributed by atoms with Crippen LogP contribution in [0.3, 0.4) is 0 Å². The summed E-state index contributed by atoms with van der Waals surface area (Å²) in [4.78, 5) is 0. The molecule has 0 aliphatic carbocycles. The molecule has 74 valence electrons. The predicted molar refractivity (Wildman–Crippen MR) is 56.8 cm³/mol. The molecule has 1 heteroatoms. The summed E-state index contributed by atoms with van der Waals surface area (Å²) in [6, 6.07) is 0. The summed E-state index contributed by atoms with van der Waals surface area (Å²) in [6.07, 6.45) is 7.08. The van der Waals surface area contributed by atoms with Crippen LogP contribution < -0.4 is 0 Å². The van der Waals surface area contributed by atoms with Crippen LogP contribution in [0.15, 0.2) is 23.8 Å². The molecule has 1 rings (SSSR count). The van der Waals surface area contributed by atoms with Crippen LogP contribution >= 0.6 is 0 Å². The van der Waals surface area contributed by atoms with Gasteiger partial charge in [-0.3, -0.25) is 0 Å². The Hall–Kier alpha value is -0.560. The smallest absolute Gasteiger partial charge is 0.0764 e. The van der Waals surface area contributed by atoms with Crippen LogP contribution in [-0.4, -0.2) is 12.7 Å². The Morgan fingerprint density at radius 2 is 2.38 bits per heavy atom. The van der Waals surface area contributed by atoms with Crippen molar-refractivity contribution in [2.75, 3.05) is 6.61 Å². The van der Waals surface area contributed by atoms with Crippen molar-refractivity contribution in [1.29, 1.82) is 0 Å². The second kappa shape index (κ2) is 5.23. The molecule has 13 heavy (non-hydrogen) atoms. The summed E-state index contributed by atoms with van der Waals surface area (Å²) in [5, 5.41) is 0. The topological polar surface area (TPSA) is 9.23 Å².